The minimum absolute atomic E-state index is 0.0271. The van der Waals surface area contributed by atoms with Gasteiger partial charge in [0.15, 0.2) is 9.35 Å². The average molecular weight is 286 g/mol. The molecule has 90 valence electrons. The molecule has 0 aliphatic carbocycles. The summed E-state index contributed by atoms with van der Waals surface area (Å²) in [7, 11) is 0. The van der Waals surface area contributed by atoms with Crippen LogP contribution in [0.15, 0.2) is 16.5 Å². The number of aryl methyl sites for hydroxylation is 1. The molecule has 0 saturated carbocycles. The van der Waals surface area contributed by atoms with Crippen LogP contribution in [0.3, 0.4) is 0 Å². The average Bonchev–Trinajstić information content (AvgIpc) is 2.94. The smallest absolute Gasteiger partial charge is 0.313 e. The van der Waals surface area contributed by atoms with E-state index < -0.39 is 5.97 Å². The molecule has 0 saturated heterocycles. The van der Waals surface area contributed by atoms with Gasteiger partial charge in [0.05, 0.1) is 10.6 Å². The molecule has 2 heterocycles. The second-order valence-electron chi connectivity index (χ2n) is 3.18. The Morgan fingerprint density at radius 3 is 2.88 bits per heavy atom. The molecular formula is C10H10N2O2S3. The second kappa shape index (κ2) is 5.61. The fraction of sp³-hybridized carbons (Fsp3) is 0.300. The molecule has 0 fully saturated rings. The molecule has 4 nitrogen and oxygen atoms in total. The number of aromatic nitrogens is 2. The largest absolute Gasteiger partial charge is 0.481 e. The fourth-order valence-electron chi connectivity index (χ4n) is 1.17. The normalized spacial score (nSPS) is 10.6. The van der Waals surface area contributed by atoms with E-state index in [0.29, 0.717) is 4.34 Å². The van der Waals surface area contributed by atoms with Crippen LogP contribution in [0.5, 0.6) is 0 Å². The molecule has 0 spiro atoms. The maximum Gasteiger partial charge on any atom is 0.313 e. The van der Waals surface area contributed by atoms with Crippen LogP contribution in [0.2, 0.25) is 0 Å². The van der Waals surface area contributed by atoms with Gasteiger partial charge in [0.1, 0.15) is 0 Å². The molecule has 0 aliphatic heterocycles. The predicted octanol–water partition coefficient (Wildman–Crippen LogP) is 3.01. The van der Waals surface area contributed by atoms with Crippen LogP contribution < -0.4 is 0 Å². The first kappa shape index (κ1) is 12.5. The van der Waals surface area contributed by atoms with Crippen molar-refractivity contribution in [3.05, 3.63) is 17.0 Å². The topological polar surface area (TPSA) is 63.1 Å². The van der Waals surface area contributed by atoms with E-state index in [1.54, 1.807) is 11.3 Å². The molecule has 0 unspecified atom stereocenters. The van der Waals surface area contributed by atoms with Crippen LogP contribution >= 0.6 is 34.4 Å². The SMILES string of the molecule is CCc1ccc(-c2nnc(SCC(=O)O)s2)s1. The van der Waals surface area contributed by atoms with E-state index in [2.05, 4.69) is 23.2 Å². The highest BCUT2D eigenvalue weighted by molar-refractivity contribution is 8.01. The Hall–Kier alpha value is -0.920. The van der Waals surface area contributed by atoms with Crippen molar-refractivity contribution in [1.29, 1.82) is 0 Å². The van der Waals surface area contributed by atoms with E-state index in [9.17, 15) is 4.79 Å². The van der Waals surface area contributed by atoms with Gasteiger partial charge in [0, 0.05) is 4.88 Å². The van der Waals surface area contributed by atoms with Crippen molar-refractivity contribution in [2.75, 3.05) is 5.75 Å². The first-order valence-corrected chi connectivity index (χ1v) is 7.58. The van der Waals surface area contributed by atoms with E-state index >= 15 is 0 Å². The lowest BCUT2D eigenvalue weighted by atomic mass is 10.4. The third kappa shape index (κ3) is 3.27. The van der Waals surface area contributed by atoms with Crippen LogP contribution in [-0.2, 0) is 11.2 Å². The number of aliphatic carboxylic acids is 1. The van der Waals surface area contributed by atoms with Crippen molar-refractivity contribution < 1.29 is 9.90 Å². The minimum Gasteiger partial charge on any atom is -0.481 e. The second-order valence-corrected chi connectivity index (χ2v) is 6.54. The lowest BCUT2D eigenvalue weighted by Gasteiger charge is -1.88. The predicted molar refractivity (Wildman–Crippen MR) is 71.0 cm³/mol. The van der Waals surface area contributed by atoms with Crippen molar-refractivity contribution in [3.63, 3.8) is 0 Å². The Morgan fingerprint density at radius 2 is 2.24 bits per heavy atom. The van der Waals surface area contributed by atoms with E-state index in [1.165, 1.54) is 28.0 Å². The monoisotopic (exact) mass is 286 g/mol. The van der Waals surface area contributed by atoms with Gasteiger partial charge in [0.2, 0.25) is 0 Å². The zero-order chi connectivity index (χ0) is 12.3. The summed E-state index contributed by atoms with van der Waals surface area (Å²) in [6, 6.07) is 4.13. The maximum atomic E-state index is 10.4. The fourth-order valence-corrected chi connectivity index (χ4v) is 3.74. The van der Waals surface area contributed by atoms with Gasteiger partial charge in [0.25, 0.3) is 0 Å². The number of thiophene rings is 1. The molecule has 17 heavy (non-hydrogen) atoms. The Kier molecular flexibility index (Phi) is 4.14. The Morgan fingerprint density at radius 1 is 1.41 bits per heavy atom. The summed E-state index contributed by atoms with van der Waals surface area (Å²) in [5.74, 6) is -0.810. The van der Waals surface area contributed by atoms with Gasteiger partial charge in [-0.2, -0.15) is 0 Å². The molecule has 7 heteroatoms. The summed E-state index contributed by atoms with van der Waals surface area (Å²) in [6.07, 6.45) is 1.02. The zero-order valence-electron chi connectivity index (χ0n) is 9.04. The Balaban J connectivity index is 2.09. The van der Waals surface area contributed by atoms with Gasteiger partial charge >= 0.3 is 5.97 Å². The number of hydrogen-bond donors (Lipinski definition) is 1. The first-order valence-electron chi connectivity index (χ1n) is 4.96. The minimum atomic E-state index is -0.837. The molecule has 2 rings (SSSR count). The van der Waals surface area contributed by atoms with E-state index in [0.717, 1.165) is 16.3 Å². The van der Waals surface area contributed by atoms with Crippen LogP contribution in [0, 0.1) is 0 Å². The molecular weight excluding hydrogens is 276 g/mol. The number of rotatable bonds is 5. The molecule has 0 bridgehead atoms. The lowest BCUT2D eigenvalue weighted by molar-refractivity contribution is -0.133. The summed E-state index contributed by atoms with van der Waals surface area (Å²) in [4.78, 5) is 12.8. The van der Waals surface area contributed by atoms with Crippen molar-refractivity contribution in [2.45, 2.75) is 17.7 Å². The summed E-state index contributed by atoms with van der Waals surface area (Å²) in [5.41, 5.74) is 0. The van der Waals surface area contributed by atoms with E-state index in [4.69, 9.17) is 5.11 Å². The quantitative estimate of drug-likeness (QED) is 0.856. The van der Waals surface area contributed by atoms with Crippen molar-refractivity contribution in [3.8, 4) is 9.88 Å². The number of carboxylic acid groups (broad SMARTS) is 1. The molecule has 0 aromatic carbocycles. The maximum absolute atomic E-state index is 10.4. The summed E-state index contributed by atoms with van der Waals surface area (Å²) in [5, 5.41) is 17.5. The highest BCUT2D eigenvalue weighted by Crippen LogP contribution is 2.33. The molecule has 0 aliphatic rings. The number of carbonyl (C=O) groups is 1. The van der Waals surface area contributed by atoms with Crippen LogP contribution in [0.25, 0.3) is 9.88 Å². The zero-order valence-corrected chi connectivity index (χ0v) is 11.5. The standard InChI is InChI=1S/C10H10N2O2S3/c1-2-6-3-4-7(16-6)9-11-12-10(17-9)15-5-8(13)14/h3-4H,2,5H2,1H3,(H,13,14). The molecule has 2 aromatic rings. The van der Waals surface area contributed by atoms with Crippen LogP contribution in [0.1, 0.15) is 11.8 Å². The number of carboxylic acids is 1. The molecule has 0 amide bonds. The van der Waals surface area contributed by atoms with Gasteiger partial charge in [-0.1, -0.05) is 30.0 Å². The number of nitrogens with zero attached hydrogens (tertiary/aromatic N) is 2. The molecule has 0 radical (unpaired) electrons. The van der Waals surface area contributed by atoms with Gasteiger partial charge in [-0.15, -0.1) is 21.5 Å². The van der Waals surface area contributed by atoms with E-state index in [1.807, 2.05) is 6.07 Å². The van der Waals surface area contributed by atoms with Crippen LogP contribution in [-0.4, -0.2) is 27.0 Å². The lowest BCUT2D eigenvalue weighted by Crippen LogP contribution is -1.96. The Labute approximate surface area is 111 Å². The number of hydrogen-bond acceptors (Lipinski definition) is 6. The van der Waals surface area contributed by atoms with Crippen molar-refractivity contribution in [2.24, 2.45) is 0 Å². The third-order valence-corrected chi connectivity index (χ3v) is 5.39. The number of thioether (sulfide) groups is 1. The van der Waals surface area contributed by atoms with Crippen LogP contribution in [0.4, 0.5) is 0 Å². The summed E-state index contributed by atoms with van der Waals surface area (Å²) < 4.78 is 0.703. The third-order valence-electron chi connectivity index (χ3n) is 1.95. The molecule has 2 aromatic heterocycles. The first-order chi connectivity index (χ1) is 8.19. The van der Waals surface area contributed by atoms with Gasteiger partial charge in [-0.25, -0.2) is 0 Å². The van der Waals surface area contributed by atoms with E-state index in [-0.39, 0.29) is 5.75 Å². The summed E-state index contributed by atoms with van der Waals surface area (Å²) >= 11 is 4.35. The van der Waals surface area contributed by atoms with Crippen molar-refractivity contribution >= 4 is 40.4 Å². The molecule has 1 N–H and O–H groups in total. The summed E-state index contributed by atoms with van der Waals surface area (Å²) in [6.45, 7) is 2.11. The van der Waals surface area contributed by atoms with Crippen molar-refractivity contribution in [1.82, 2.24) is 10.2 Å². The highest BCUT2D eigenvalue weighted by atomic mass is 32.2. The molecule has 0 atom stereocenters. The Bertz CT molecular complexity index is 521. The van der Waals surface area contributed by atoms with Gasteiger partial charge < -0.3 is 5.11 Å². The highest BCUT2D eigenvalue weighted by Gasteiger charge is 2.10. The van der Waals surface area contributed by atoms with Gasteiger partial charge in [-0.3, -0.25) is 4.79 Å². The van der Waals surface area contributed by atoms with Gasteiger partial charge in [-0.05, 0) is 18.6 Å².